The van der Waals surface area contributed by atoms with E-state index in [2.05, 4.69) is 10.3 Å². The second kappa shape index (κ2) is 9.86. The molecule has 8 heteroatoms. The van der Waals surface area contributed by atoms with Crippen molar-refractivity contribution in [1.82, 2.24) is 10.3 Å². The van der Waals surface area contributed by atoms with Gasteiger partial charge in [-0.3, -0.25) is 4.79 Å². The zero-order valence-electron chi connectivity index (χ0n) is 17.6. The molecule has 1 aliphatic rings. The van der Waals surface area contributed by atoms with Crippen molar-refractivity contribution in [2.24, 2.45) is 0 Å². The molecule has 1 aliphatic carbocycles. The number of sulfone groups is 1. The van der Waals surface area contributed by atoms with Gasteiger partial charge >= 0.3 is 0 Å². The lowest BCUT2D eigenvalue weighted by Gasteiger charge is -2.20. The molecule has 4 rings (SSSR count). The zero-order valence-corrected chi connectivity index (χ0v) is 19.9. The summed E-state index contributed by atoms with van der Waals surface area (Å²) < 4.78 is 25.0. The van der Waals surface area contributed by atoms with Crippen LogP contribution in [0.5, 0.6) is 0 Å². The number of H-pyrrole nitrogens is 1. The molecule has 1 amide bonds. The van der Waals surface area contributed by atoms with Gasteiger partial charge < -0.3 is 10.3 Å². The lowest BCUT2D eigenvalue weighted by Crippen LogP contribution is -2.31. The van der Waals surface area contributed by atoms with Gasteiger partial charge in [-0.1, -0.05) is 60.3 Å². The highest BCUT2D eigenvalue weighted by atomic mass is 35.5. The van der Waals surface area contributed by atoms with Gasteiger partial charge in [-0.2, -0.15) is 0 Å². The predicted molar refractivity (Wildman–Crippen MR) is 130 cm³/mol. The van der Waals surface area contributed by atoms with Gasteiger partial charge in [0.15, 0.2) is 9.84 Å². The fourth-order valence-electron chi connectivity index (χ4n) is 4.51. The summed E-state index contributed by atoms with van der Waals surface area (Å²) >= 11 is 12.6. The van der Waals surface area contributed by atoms with E-state index in [1.54, 1.807) is 12.1 Å². The number of hydrogen-bond donors (Lipinski definition) is 2. The van der Waals surface area contributed by atoms with E-state index in [1.807, 2.05) is 36.5 Å². The first-order chi connectivity index (χ1) is 15.3. The maximum Gasteiger partial charge on any atom is 0.221 e. The van der Waals surface area contributed by atoms with Crippen molar-refractivity contribution in [2.75, 3.05) is 12.3 Å². The molecule has 0 spiro atoms. The van der Waals surface area contributed by atoms with E-state index in [9.17, 15) is 13.2 Å². The van der Waals surface area contributed by atoms with Gasteiger partial charge in [0.05, 0.1) is 11.0 Å². The zero-order chi connectivity index (χ0) is 22.7. The third-order valence-corrected chi connectivity index (χ3v) is 9.08. The van der Waals surface area contributed by atoms with E-state index in [1.165, 1.54) is 0 Å². The van der Waals surface area contributed by atoms with Crippen LogP contribution in [0.3, 0.4) is 0 Å². The summed E-state index contributed by atoms with van der Waals surface area (Å²) in [5.41, 5.74) is 2.84. The average Bonchev–Trinajstić information content (AvgIpc) is 3.45. The molecule has 2 N–H and O–H groups in total. The van der Waals surface area contributed by atoms with E-state index in [0.29, 0.717) is 29.4 Å². The van der Waals surface area contributed by atoms with Crippen LogP contribution in [0.1, 0.15) is 49.1 Å². The maximum atomic E-state index is 12.6. The molecule has 0 bridgehead atoms. The predicted octanol–water partition coefficient (Wildman–Crippen LogP) is 5.47. The molecule has 1 unspecified atom stereocenters. The Morgan fingerprint density at radius 3 is 2.59 bits per heavy atom. The van der Waals surface area contributed by atoms with Crippen molar-refractivity contribution in [3.8, 4) is 0 Å². The second-order valence-corrected chi connectivity index (χ2v) is 11.6. The lowest BCUT2D eigenvalue weighted by molar-refractivity contribution is -0.120. The van der Waals surface area contributed by atoms with Crippen molar-refractivity contribution in [3.05, 3.63) is 69.8 Å². The molecule has 1 fully saturated rings. The number of aromatic amines is 1. The van der Waals surface area contributed by atoms with Crippen LogP contribution < -0.4 is 5.32 Å². The summed E-state index contributed by atoms with van der Waals surface area (Å²) in [7, 11) is -3.23. The Morgan fingerprint density at radius 1 is 1.09 bits per heavy atom. The fourth-order valence-corrected chi connectivity index (χ4v) is 6.90. The SMILES string of the molecule is O=C(CCS(=O)(=O)C1CCCC1)NCC(c1ccc(Cl)cc1Cl)c1c[nH]c2ccccc12. The Balaban J connectivity index is 1.51. The largest absolute Gasteiger partial charge is 0.361 e. The number of carbonyl (C=O) groups excluding carboxylic acids is 1. The Bertz CT molecular complexity index is 1220. The van der Waals surface area contributed by atoms with Crippen LogP contribution in [-0.2, 0) is 14.6 Å². The number of aromatic nitrogens is 1. The molecule has 32 heavy (non-hydrogen) atoms. The van der Waals surface area contributed by atoms with Crippen molar-refractivity contribution >= 4 is 49.8 Å². The molecule has 0 saturated heterocycles. The summed E-state index contributed by atoms with van der Waals surface area (Å²) in [4.78, 5) is 15.8. The van der Waals surface area contributed by atoms with E-state index in [4.69, 9.17) is 23.2 Å². The van der Waals surface area contributed by atoms with Crippen molar-refractivity contribution in [3.63, 3.8) is 0 Å². The summed E-state index contributed by atoms with van der Waals surface area (Å²) in [6.45, 7) is 0.297. The van der Waals surface area contributed by atoms with Crippen LogP contribution in [0.4, 0.5) is 0 Å². The first-order valence-electron chi connectivity index (χ1n) is 10.8. The standard InChI is InChI=1S/C24H26Cl2N2O3S/c25-16-9-10-18(22(26)13-16)20(21-14-27-23-8-4-3-7-19(21)23)15-28-24(29)11-12-32(30,31)17-5-1-2-6-17/h3-4,7-10,13-14,17,20,27H,1-2,5-6,11-12,15H2,(H,28,29). The van der Waals surface area contributed by atoms with Crippen LogP contribution in [0.25, 0.3) is 10.9 Å². The molecule has 1 atom stereocenters. The molecule has 0 aliphatic heterocycles. The Morgan fingerprint density at radius 2 is 1.84 bits per heavy atom. The number of halogens is 2. The quantitative estimate of drug-likeness (QED) is 0.437. The average molecular weight is 493 g/mol. The number of rotatable bonds is 8. The van der Waals surface area contributed by atoms with Gasteiger partial charge in [0.1, 0.15) is 0 Å². The number of hydrogen-bond acceptors (Lipinski definition) is 3. The highest BCUT2D eigenvalue weighted by Crippen LogP contribution is 2.35. The number of amides is 1. The highest BCUT2D eigenvalue weighted by molar-refractivity contribution is 7.92. The first-order valence-corrected chi connectivity index (χ1v) is 13.3. The molecular formula is C24H26Cl2N2O3S. The van der Waals surface area contributed by atoms with Crippen LogP contribution in [0.15, 0.2) is 48.7 Å². The minimum absolute atomic E-state index is 0.0339. The van der Waals surface area contributed by atoms with Gasteiger partial charge in [0, 0.05) is 46.0 Å². The van der Waals surface area contributed by atoms with Gasteiger partial charge in [-0.25, -0.2) is 8.42 Å². The van der Waals surface area contributed by atoms with Crippen LogP contribution in [0, 0.1) is 0 Å². The number of fused-ring (bicyclic) bond motifs is 1. The summed E-state index contributed by atoms with van der Waals surface area (Å²) in [5, 5.41) is 4.74. The Labute approximate surface area is 198 Å². The minimum atomic E-state index is -3.23. The van der Waals surface area contributed by atoms with Gasteiger partial charge in [-0.15, -0.1) is 0 Å². The van der Waals surface area contributed by atoms with Crippen molar-refractivity contribution in [1.29, 1.82) is 0 Å². The molecule has 1 saturated carbocycles. The molecule has 2 aromatic carbocycles. The van der Waals surface area contributed by atoms with Gasteiger partial charge in [-0.05, 0) is 42.2 Å². The molecule has 1 aromatic heterocycles. The molecule has 170 valence electrons. The lowest BCUT2D eigenvalue weighted by atomic mass is 9.90. The molecular weight excluding hydrogens is 467 g/mol. The number of para-hydroxylation sites is 1. The van der Waals surface area contributed by atoms with Gasteiger partial charge in [0.25, 0.3) is 0 Å². The Kier molecular flexibility index (Phi) is 7.13. The van der Waals surface area contributed by atoms with Gasteiger partial charge in [0.2, 0.25) is 5.91 Å². The summed E-state index contributed by atoms with van der Waals surface area (Å²) in [6.07, 6.45) is 5.21. The van der Waals surface area contributed by atoms with E-state index in [-0.39, 0.29) is 29.2 Å². The topological polar surface area (TPSA) is 79.0 Å². The fraction of sp³-hybridized carbons (Fsp3) is 0.375. The number of benzene rings is 2. The van der Waals surface area contributed by atoms with E-state index in [0.717, 1.165) is 34.9 Å². The van der Waals surface area contributed by atoms with E-state index >= 15 is 0 Å². The van der Waals surface area contributed by atoms with Crippen molar-refractivity contribution < 1.29 is 13.2 Å². The molecule has 5 nitrogen and oxygen atoms in total. The molecule has 3 aromatic rings. The monoisotopic (exact) mass is 492 g/mol. The van der Waals surface area contributed by atoms with Crippen LogP contribution in [0.2, 0.25) is 10.0 Å². The smallest absolute Gasteiger partial charge is 0.221 e. The molecule has 1 heterocycles. The van der Waals surface area contributed by atoms with Crippen molar-refractivity contribution in [2.45, 2.75) is 43.3 Å². The third kappa shape index (κ3) is 5.13. The third-order valence-electron chi connectivity index (χ3n) is 6.26. The van der Waals surface area contributed by atoms with Crippen LogP contribution in [-0.4, -0.2) is 36.9 Å². The number of carbonyl (C=O) groups is 1. The van der Waals surface area contributed by atoms with E-state index < -0.39 is 9.84 Å². The summed E-state index contributed by atoms with van der Waals surface area (Å²) in [6, 6.07) is 13.3. The highest BCUT2D eigenvalue weighted by Gasteiger charge is 2.29. The minimum Gasteiger partial charge on any atom is -0.361 e. The van der Waals surface area contributed by atoms with Crippen LogP contribution >= 0.6 is 23.2 Å². The first kappa shape index (κ1) is 23.1. The normalized spacial score (nSPS) is 15.8. The second-order valence-electron chi connectivity index (χ2n) is 8.34. The Hall–Kier alpha value is -2.02. The number of nitrogens with one attached hydrogen (secondary N) is 2. The molecule has 0 radical (unpaired) electrons. The summed E-state index contributed by atoms with van der Waals surface area (Å²) in [5.74, 6) is -0.601. The maximum absolute atomic E-state index is 12.6.